The monoisotopic (exact) mass is 385 g/mol. The number of pyridine rings is 1. The summed E-state index contributed by atoms with van der Waals surface area (Å²) in [5.41, 5.74) is 2.22. The number of carbonyl (C=O) groups excluding carboxylic acids is 2. The summed E-state index contributed by atoms with van der Waals surface area (Å²) in [7, 11) is 0. The Morgan fingerprint density at radius 2 is 1.78 bits per heavy atom. The standard InChI is InChI=1S/C20H23N3O3S/c1-3-5-18(24)22-20(27)23(14-15-10-12-21-13-11-15)17-8-6-16(7-9-17)19(25)26-4-2/h6-13H,3-5,14H2,1-2H3,(H,22,24,27). The van der Waals surface area contributed by atoms with Gasteiger partial charge >= 0.3 is 5.97 Å². The average molecular weight is 385 g/mol. The first-order valence-electron chi connectivity index (χ1n) is 8.82. The SMILES string of the molecule is CCCC(=O)NC(=S)N(Cc1ccncc1)c1ccc(C(=O)OCC)cc1. The van der Waals surface area contributed by atoms with Crippen molar-refractivity contribution >= 4 is 34.9 Å². The number of benzene rings is 1. The van der Waals surface area contributed by atoms with Gasteiger partial charge in [0.05, 0.1) is 18.7 Å². The number of ether oxygens (including phenoxy) is 1. The Morgan fingerprint density at radius 3 is 2.37 bits per heavy atom. The molecule has 0 spiro atoms. The highest BCUT2D eigenvalue weighted by atomic mass is 32.1. The zero-order valence-electron chi connectivity index (χ0n) is 15.5. The van der Waals surface area contributed by atoms with Crippen molar-refractivity contribution in [1.82, 2.24) is 10.3 Å². The van der Waals surface area contributed by atoms with Crippen LogP contribution in [-0.4, -0.2) is 28.6 Å². The minimum absolute atomic E-state index is 0.120. The van der Waals surface area contributed by atoms with Crippen LogP contribution in [0, 0.1) is 0 Å². The lowest BCUT2D eigenvalue weighted by molar-refractivity contribution is -0.119. The van der Waals surface area contributed by atoms with Gasteiger partial charge in [-0.2, -0.15) is 0 Å². The third-order valence-corrected chi connectivity index (χ3v) is 4.07. The van der Waals surface area contributed by atoms with Crippen molar-refractivity contribution in [3.63, 3.8) is 0 Å². The number of hydrogen-bond donors (Lipinski definition) is 1. The minimum Gasteiger partial charge on any atom is -0.462 e. The largest absolute Gasteiger partial charge is 0.462 e. The molecule has 1 N–H and O–H groups in total. The molecule has 0 aliphatic carbocycles. The second-order valence-electron chi connectivity index (χ2n) is 5.81. The maximum absolute atomic E-state index is 12.0. The van der Waals surface area contributed by atoms with E-state index >= 15 is 0 Å². The molecule has 7 heteroatoms. The van der Waals surface area contributed by atoms with E-state index in [9.17, 15) is 9.59 Å². The third-order valence-electron chi connectivity index (χ3n) is 3.75. The molecule has 0 unspecified atom stereocenters. The van der Waals surface area contributed by atoms with Crippen LogP contribution < -0.4 is 10.2 Å². The number of nitrogens with one attached hydrogen (secondary N) is 1. The maximum Gasteiger partial charge on any atom is 0.338 e. The van der Waals surface area contributed by atoms with E-state index in [1.165, 1.54) is 0 Å². The summed E-state index contributed by atoms with van der Waals surface area (Å²) in [4.78, 5) is 29.6. The molecule has 0 saturated heterocycles. The summed E-state index contributed by atoms with van der Waals surface area (Å²) in [6.07, 6.45) is 4.56. The topological polar surface area (TPSA) is 71.5 Å². The number of carbonyl (C=O) groups is 2. The smallest absolute Gasteiger partial charge is 0.338 e. The zero-order chi connectivity index (χ0) is 19.6. The summed E-state index contributed by atoms with van der Waals surface area (Å²) in [6.45, 7) is 4.49. The highest BCUT2D eigenvalue weighted by molar-refractivity contribution is 7.80. The van der Waals surface area contributed by atoms with E-state index in [0.29, 0.717) is 30.2 Å². The molecule has 142 valence electrons. The number of anilines is 1. The van der Waals surface area contributed by atoms with E-state index in [1.807, 2.05) is 24.0 Å². The van der Waals surface area contributed by atoms with E-state index in [4.69, 9.17) is 17.0 Å². The van der Waals surface area contributed by atoms with Gasteiger partial charge in [-0.3, -0.25) is 9.78 Å². The maximum atomic E-state index is 12.0. The number of amides is 1. The van der Waals surface area contributed by atoms with Crippen LogP contribution in [-0.2, 0) is 16.1 Å². The van der Waals surface area contributed by atoms with Gasteiger partial charge in [0.1, 0.15) is 0 Å². The van der Waals surface area contributed by atoms with Gasteiger partial charge in [0, 0.05) is 24.5 Å². The van der Waals surface area contributed by atoms with Gasteiger partial charge in [-0.1, -0.05) is 6.92 Å². The molecule has 1 aromatic carbocycles. The molecule has 27 heavy (non-hydrogen) atoms. The Morgan fingerprint density at radius 1 is 1.11 bits per heavy atom. The Labute approximate surface area is 164 Å². The summed E-state index contributed by atoms with van der Waals surface area (Å²) < 4.78 is 5.01. The van der Waals surface area contributed by atoms with Gasteiger partial charge in [-0.15, -0.1) is 0 Å². The van der Waals surface area contributed by atoms with Crippen molar-refractivity contribution in [3.05, 3.63) is 59.9 Å². The number of thiocarbonyl (C=S) groups is 1. The predicted molar refractivity (Wildman–Crippen MR) is 108 cm³/mol. The van der Waals surface area contributed by atoms with Crippen LogP contribution in [0.15, 0.2) is 48.8 Å². The lowest BCUT2D eigenvalue weighted by atomic mass is 10.2. The number of rotatable bonds is 7. The molecule has 1 amide bonds. The van der Waals surface area contributed by atoms with Crippen LogP contribution in [0.3, 0.4) is 0 Å². The number of hydrogen-bond acceptors (Lipinski definition) is 5. The number of esters is 1. The summed E-state index contributed by atoms with van der Waals surface area (Å²) in [6, 6.07) is 10.7. The van der Waals surface area contributed by atoms with Crippen molar-refractivity contribution in [1.29, 1.82) is 0 Å². The Bertz CT molecular complexity index is 779. The Kier molecular flexibility index (Phi) is 7.88. The zero-order valence-corrected chi connectivity index (χ0v) is 16.3. The molecule has 0 radical (unpaired) electrons. The van der Waals surface area contributed by atoms with Crippen LogP contribution >= 0.6 is 12.2 Å². The molecular weight excluding hydrogens is 362 g/mol. The van der Waals surface area contributed by atoms with Crippen molar-refractivity contribution < 1.29 is 14.3 Å². The fraction of sp³-hybridized carbons (Fsp3) is 0.300. The molecule has 0 bridgehead atoms. The van der Waals surface area contributed by atoms with Crippen LogP contribution in [0.25, 0.3) is 0 Å². The van der Waals surface area contributed by atoms with Gasteiger partial charge < -0.3 is 15.0 Å². The van der Waals surface area contributed by atoms with E-state index in [1.54, 1.807) is 43.6 Å². The number of nitrogens with zero attached hydrogens (tertiary/aromatic N) is 2. The minimum atomic E-state index is -0.372. The van der Waals surface area contributed by atoms with E-state index in [0.717, 1.165) is 17.7 Å². The normalized spacial score (nSPS) is 10.1. The second kappa shape index (κ2) is 10.4. The van der Waals surface area contributed by atoms with Crippen LogP contribution in [0.4, 0.5) is 5.69 Å². The van der Waals surface area contributed by atoms with Crippen LogP contribution in [0.2, 0.25) is 0 Å². The highest BCUT2D eigenvalue weighted by Gasteiger charge is 2.16. The lowest BCUT2D eigenvalue weighted by Crippen LogP contribution is -2.42. The van der Waals surface area contributed by atoms with Crippen LogP contribution in [0.5, 0.6) is 0 Å². The van der Waals surface area contributed by atoms with Gasteiger partial charge in [0.25, 0.3) is 0 Å². The van der Waals surface area contributed by atoms with E-state index < -0.39 is 0 Å². The molecule has 6 nitrogen and oxygen atoms in total. The van der Waals surface area contributed by atoms with Crippen molar-refractivity contribution in [2.24, 2.45) is 0 Å². The van der Waals surface area contributed by atoms with Crippen molar-refractivity contribution in [2.75, 3.05) is 11.5 Å². The third kappa shape index (κ3) is 6.14. The molecule has 0 atom stereocenters. The quantitative estimate of drug-likeness (QED) is 0.581. The molecule has 2 rings (SSSR count). The van der Waals surface area contributed by atoms with E-state index in [-0.39, 0.29) is 11.9 Å². The molecule has 0 aliphatic rings. The molecule has 0 fully saturated rings. The van der Waals surface area contributed by atoms with Gasteiger partial charge in [-0.05, 0) is 67.5 Å². The van der Waals surface area contributed by atoms with Gasteiger partial charge in [0.2, 0.25) is 5.91 Å². The summed E-state index contributed by atoms with van der Waals surface area (Å²) in [5.74, 6) is -0.492. The van der Waals surface area contributed by atoms with Crippen molar-refractivity contribution in [2.45, 2.75) is 33.2 Å². The molecule has 1 aromatic heterocycles. The molecular formula is C20H23N3O3S. The van der Waals surface area contributed by atoms with Gasteiger partial charge in [0.15, 0.2) is 5.11 Å². The first kappa shape index (κ1) is 20.5. The average Bonchev–Trinajstić information content (AvgIpc) is 2.67. The van der Waals surface area contributed by atoms with Crippen LogP contribution in [0.1, 0.15) is 42.6 Å². The highest BCUT2D eigenvalue weighted by Crippen LogP contribution is 2.19. The number of aromatic nitrogens is 1. The fourth-order valence-corrected chi connectivity index (χ4v) is 2.70. The Hall–Kier alpha value is -2.80. The van der Waals surface area contributed by atoms with Crippen molar-refractivity contribution in [3.8, 4) is 0 Å². The first-order chi connectivity index (χ1) is 13.0. The van der Waals surface area contributed by atoms with Gasteiger partial charge in [-0.25, -0.2) is 4.79 Å². The molecule has 2 aromatic rings. The molecule has 0 aliphatic heterocycles. The predicted octanol–water partition coefficient (Wildman–Crippen LogP) is 3.47. The summed E-state index contributed by atoms with van der Waals surface area (Å²) >= 11 is 5.46. The fourth-order valence-electron chi connectivity index (χ4n) is 2.42. The first-order valence-corrected chi connectivity index (χ1v) is 9.23. The molecule has 0 saturated carbocycles. The summed E-state index contributed by atoms with van der Waals surface area (Å²) in [5, 5.41) is 3.08. The molecule has 1 heterocycles. The second-order valence-corrected chi connectivity index (χ2v) is 6.20. The van der Waals surface area contributed by atoms with E-state index in [2.05, 4.69) is 10.3 Å². The lowest BCUT2D eigenvalue weighted by Gasteiger charge is -2.26. The Balaban J connectivity index is 2.24.